The number of piperazine rings is 1. The molecule has 1 aromatic carbocycles. The van der Waals surface area contributed by atoms with E-state index in [4.69, 9.17) is 4.98 Å². The summed E-state index contributed by atoms with van der Waals surface area (Å²) in [4.78, 5) is 29.7. The maximum atomic E-state index is 12.9. The second kappa shape index (κ2) is 6.91. The van der Waals surface area contributed by atoms with Crippen LogP contribution in [0.15, 0.2) is 35.3 Å². The number of benzene rings is 1. The third kappa shape index (κ3) is 3.13. The standard InChI is InChI=1S/C22H25N7O/c1-13-11-29-20(15(3)23-13)10-19(26-29)21-24-18-6-5-16(9-17(18)22(30)25-21)28-8-7-27(4)12-14(28)2/h5-6,9-11,14H,7-8,12H2,1-4H3,(H,24,25,30). The minimum atomic E-state index is -0.151. The number of nitrogens with one attached hydrogen (secondary N) is 1. The number of nitrogens with zero attached hydrogens (tertiary/aromatic N) is 6. The summed E-state index contributed by atoms with van der Waals surface area (Å²) < 4.78 is 1.79. The average molecular weight is 403 g/mol. The largest absolute Gasteiger partial charge is 0.366 e. The first-order valence-electron chi connectivity index (χ1n) is 10.2. The predicted octanol–water partition coefficient (Wildman–Crippen LogP) is 2.39. The van der Waals surface area contributed by atoms with Gasteiger partial charge < -0.3 is 14.8 Å². The Morgan fingerprint density at radius 2 is 1.97 bits per heavy atom. The van der Waals surface area contributed by atoms with Crippen LogP contribution in [-0.2, 0) is 0 Å². The number of aromatic amines is 1. The number of H-pyrrole nitrogens is 1. The molecule has 0 spiro atoms. The van der Waals surface area contributed by atoms with Gasteiger partial charge in [0.15, 0.2) is 5.82 Å². The quantitative estimate of drug-likeness (QED) is 0.553. The second-order valence-corrected chi connectivity index (χ2v) is 8.25. The molecular formula is C22H25N7O. The van der Waals surface area contributed by atoms with Crippen LogP contribution >= 0.6 is 0 Å². The Morgan fingerprint density at radius 3 is 2.77 bits per heavy atom. The number of hydrogen-bond donors (Lipinski definition) is 1. The first-order valence-corrected chi connectivity index (χ1v) is 10.2. The molecule has 30 heavy (non-hydrogen) atoms. The minimum Gasteiger partial charge on any atom is -0.366 e. The lowest BCUT2D eigenvalue weighted by molar-refractivity contribution is 0.275. The van der Waals surface area contributed by atoms with Crippen LogP contribution in [0, 0.1) is 13.8 Å². The number of likely N-dealkylation sites (N-methyl/N-ethyl adjacent to an activating group) is 1. The van der Waals surface area contributed by atoms with Crippen LogP contribution in [0.4, 0.5) is 5.69 Å². The maximum absolute atomic E-state index is 12.9. The van der Waals surface area contributed by atoms with Crippen LogP contribution in [0.2, 0.25) is 0 Å². The summed E-state index contributed by atoms with van der Waals surface area (Å²) in [5, 5.41) is 5.19. The van der Waals surface area contributed by atoms with E-state index in [-0.39, 0.29) is 5.56 Å². The summed E-state index contributed by atoms with van der Waals surface area (Å²) in [6, 6.07) is 8.24. The number of aromatic nitrogens is 5. The molecule has 0 aliphatic carbocycles. The summed E-state index contributed by atoms with van der Waals surface area (Å²) in [5.41, 5.74) is 4.89. The summed E-state index contributed by atoms with van der Waals surface area (Å²) in [7, 11) is 2.14. The van der Waals surface area contributed by atoms with Gasteiger partial charge >= 0.3 is 0 Å². The van der Waals surface area contributed by atoms with Gasteiger partial charge in [0.2, 0.25) is 0 Å². The molecule has 5 rings (SSSR count). The summed E-state index contributed by atoms with van der Waals surface area (Å²) in [6.07, 6.45) is 1.87. The number of fused-ring (bicyclic) bond motifs is 2. The topological polar surface area (TPSA) is 82.4 Å². The van der Waals surface area contributed by atoms with Crippen LogP contribution in [-0.4, -0.2) is 62.2 Å². The van der Waals surface area contributed by atoms with Crippen molar-refractivity contribution >= 4 is 22.1 Å². The molecule has 8 nitrogen and oxygen atoms in total. The van der Waals surface area contributed by atoms with Crippen molar-refractivity contribution in [1.82, 2.24) is 29.5 Å². The fraction of sp³-hybridized carbons (Fsp3) is 0.364. The predicted molar refractivity (Wildman–Crippen MR) is 118 cm³/mol. The molecule has 1 unspecified atom stereocenters. The molecule has 0 saturated carbocycles. The lowest BCUT2D eigenvalue weighted by Gasteiger charge is -2.39. The monoisotopic (exact) mass is 403 g/mol. The molecular weight excluding hydrogens is 378 g/mol. The second-order valence-electron chi connectivity index (χ2n) is 8.25. The Kier molecular flexibility index (Phi) is 4.32. The molecule has 1 atom stereocenters. The average Bonchev–Trinajstić information content (AvgIpc) is 3.12. The van der Waals surface area contributed by atoms with Crippen molar-refractivity contribution in [3.05, 3.63) is 52.2 Å². The summed E-state index contributed by atoms with van der Waals surface area (Å²) in [5.74, 6) is 0.467. The van der Waals surface area contributed by atoms with Gasteiger partial charge in [-0.2, -0.15) is 5.10 Å². The highest BCUT2D eigenvalue weighted by Gasteiger charge is 2.22. The van der Waals surface area contributed by atoms with E-state index in [9.17, 15) is 4.79 Å². The Balaban J connectivity index is 1.56. The van der Waals surface area contributed by atoms with E-state index < -0.39 is 0 Å². The van der Waals surface area contributed by atoms with Gasteiger partial charge in [-0.25, -0.2) is 9.50 Å². The Labute approximate surface area is 174 Å². The molecule has 1 aliphatic heterocycles. The van der Waals surface area contributed by atoms with Crippen LogP contribution in [0.5, 0.6) is 0 Å². The van der Waals surface area contributed by atoms with Crippen molar-refractivity contribution in [2.75, 3.05) is 31.6 Å². The molecule has 0 bridgehead atoms. The molecule has 154 valence electrons. The molecule has 1 aliphatic rings. The van der Waals surface area contributed by atoms with Crippen LogP contribution in [0.1, 0.15) is 18.3 Å². The van der Waals surface area contributed by atoms with Gasteiger partial charge in [0, 0.05) is 31.4 Å². The van der Waals surface area contributed by atoms with E-state index in [1.165, 1.54) is 0 Å². The Bertz CT molecular complexity index is 1320. The van der Waals surface area contributed by atoms with Gasteiger partial charge in [-0.15, -0.1) is 0 Å². The van der Waals surface area contributed by atoms with Crippen molar-refractivity contribution in [2.45, 2.75) is 26.8 Å². The minimum absolute atomic E-state index is 0.151. The van der Waals surface area contributed by atoms with E-state index >= 15 is 0 Å². The zero-order chi connectivity index (χ0) is 21.0. The number of hydrogen-bond acceptors (Lipinski definition) is 6. The number of anilines is 1. The molecule has 1 N–H and O–H groups in total. The zero-order valence-electron chi connectivity index (χ0n) is 17.7. The lowest BCUT2D eigenvalue weighted by atomic mass is 10.1. The van der Waals surface area contributed by atoms with Gasteiger partial charge in [-0.05, 0) is 52.1 Å². The van der Waals surface area contributed by atoms with Gasteiger partial charge in [0.05, 0.1) is 34.0 Å². The van der Waals surface area contributed by atoms with E-state index in [0.29, 0.717) is 28.5 Å². The number of aryl methyl sites for hydroxylation is 2. The molecule has 1 saturated heterocycles. The van der Waals surface area contributed by atoms with E-state index in [1.54, 1.807) is 4.52 Å². The van der Waals surface area contributed by atoms with Crippen LogP contribution in [0.25, 0.3) is 27.9 Å². The van der Waals surface area contributed by atoms with Gasteiger partial charge in [-0.3, -0.25) is 9.78 Å². The molecule has 0 radical (unpaired) electrons. The van der Waals surface area contributed by atoms with Gasteiger partial charge in [0.1, 0.15) is 5.69 Å². The highest BCUT2D eigenvalue weighted by Crippen LogP contribution is 2.24. The van der Waals surface area contributed by atoms with Crippen LogP contribution in [0.3, 0.4) is 0 Å². The molecule has 4 heterocycles. The lowest BCUT2D eigenvalue weighted by Crippen LogP contribution is -2.50. The first kappa shape index (κ1) is 18.7. The van der Waals surface area contributed by atoms with Crippen molar-refractivity contribution in [2.24, 2.45) is 0 Å². The molecule has 8 heteroatoms. The molecule has 1 fully saturated rings. The SMILES string of the molecule is Cc1cn2nc(-c3nc4ccc(N5CCN(C)CC5C)cc4c(=O)[nH]3)cc2c(C)n1. The van der Waals surface area contributed by atoms with E-state index in [0.717, 1.165) is 42.2 Å². The van der Waals surface area contributed by atoms with E-state index in [1.807, 2.05) is 38.2 Å². The normalized spacial score (nSPS) is 17.9. The third-order valence-corrected chi connectivity index (χ3v) is 5.85. The highest BCUT2D eigenvalue weighted by molar-refractivity contribution is 5.83. The Morgan fingerprint density at radius 1 is 1.13 bits per heavy atom. The van der Waals surface area contributed by atoms with E-state index in [2.05, 4.69) is 44.9 Å². The first-order chi connectivity index (χ1) is 14.4. The van der Waals surface area contributed by atoms with Crippen molar-refractivity contribution < 1.29 is 0 Å². The zero-order valence-corrected chi connectivity index (χ0v) is 17.7. The van der Waals surface area contributed by atoms with Gasteiger partial charge in [-0.1, -0.05) is 0 Å². The highest BCUT2D eigenvalue weighted by atomic mass is 16.1. The molecule has 3 aromatic heterocycles. The van der Waals surface area contributed by atoms with Gasteiger partial charge in [0.25, 0.3) is 5.56 Å². The third-order valence-electron chi connectivity index (χ3n) is 5.85. The Hall–Kier alpha value is -3.26. The van der Waals surface area contributed by atoms with Crippen molar-refractivity contribution in [3.8, 4) is 11.5 Å². The fourth-order valence-electron chi connectivity index (χ4n) is 4.36. The van der Waals surface area contributed by atoms with Crippen molar-refractivity contribution in [1.29, 1.82) is 0 Å². The maximum Gasteiger partial charge on any atom is 0.259 e. The molecule has 0 amide bonds. The summed E-state index contributed by atoms with van der Waals surface area (Å²) >= 11 is 0. The van der Waals surface area contributed by atoms with Crippen LogP contribution < -0.4 is 10.5 Å². The smallest absolute Gasteiger partial charge is 0.259 e. The fourth-order valence-corrected chi connectivity index (χ4v) is 4.36. The van der Waals surface area contributed by atoms with Crippen molar-refractivity contribution in [3.63, 3.8) is 0 Å². The molecule has 4 aromatic rings. The summed E-state index contributed by atoms with van der Waals surface area (Å²) in [6.45, 7) is 9.06. The number of rotatable bonds is 2.